The molecule has 0 radical (unpaired) electrons. The molecular weight excluding hydrogens is 184 g/mol. The summed E-state index contributed by atoms with van der Waals surface area (Å²) in [6.45, 7) is 8.15. The second-order valence-corrected chi connectivity index (χ2v) is 4.71. The van der Waals surface area contributed by atoms with E-state index in [1.54, 1.807) is 0 Å². The van der Waals surface area contributed by atoms with Crippen LogP contribution in [0, 0.1) is 24.2 Å². The fraction of sp³-hybridized carbons (Fsp3) is 0.357. The summed E-state index contributed by atoms with van der Waals surface area (Å²) in [5, 5.41) is 0. The Morgan fingerprint density at radius 3 is 2.47 bits per heavy atom. The van der Waals surface area contributed by atoms with Gasteiger partial charge in [-0.15, -0.1) is 0 Å². The zero-order valence-electron chi connectivity index (χ0n) is 9.72. The van der Waals surface area contributed by atoms with Crippen molar-refractivity contribution in [3.05, 3.63) is 34.9 Å². The monoisotopic (exact) mass is 200 g/mol. The number of carbonyl (C=O) groups excluding carboxylic acids is 1. The maximum atomic E-state index is 10.8. The van der Waals surface area contributed by atoms with Crippen molar-refractivity contribution in [2.24, 2.45) is 5.41 Å². The van der Waals surface area contributed by atoms with Gasteiger partial charge in [0.05, 0.1) is 0 Å². The Bertz CT molecular complexity index is 425. The summed E-state index contributed by atoms with van der Waals surface area (Å²) in [7, 11) is 0. The third-order valence-electron chi connectivity index (χ3n) is 1.91. The van der Waals surface area contributed by atoms with Gasteiger partial charge in [-0.2, -0.15) is 0 Å². The van der Waals surface area contributed by atoms with Crippen molar-refractivity contribution < 1.29 is 4.79 Å². The fourth-order valence-corrected chi connectivity index (χ4v) is 1.14. The molecule has 0 aliphatic heterocycles. The van der Waals surface area contributed by atoms with Gasteiger partial charge in [0.25, 0.3) is 0 Å². The molecule has 0 heterocycles. The summed E-state index contributed by atoms with van der Waals surface area (Å²) >= 11 is 0. The average Bonchev–Trinajstić information content (AvgIpc) is 2.14. The van der Waals surface area contributed by atoms with E-state index in [0.717, 1.165) is 17.4 Å². The van der Waals surface area contributed by atoms with Crippen LogP contribution in [0.25, 0.3) is 0 Å². The lowest BCUT2D eigenvalue weighted by Gasteiger charge is -2.07. The maximum Gasteiger partial charge on any atom is 0.151 e. The van der Waals surface area contributed by atoms with Gasteiger partial charge in [-0.3, -0.25) is 4.79 Å². The van der Waals surface area contributed by atoms with Gasteiger partial charge in [-0.25, -0.2) is 0 Å². The van der Waals surface area contributed by atoms with Gasteiger partial charge in [0.1, 0.15) is 0 Å². The molecule has 0 N–H and O–H groups in total. The summed E-state index contributed by atoms with van der Waals surface area (Å²) in [5.41, 5.74) is 2.57. The van der Waals surface area contributed by atoms with Gasteiger partial charge in [-0.05, 0) is 39.3 Å². The summed E-state index contributed by atoms with van der Waals surface area (Å²) in [5.74, 6) is 6.19. The molecule has 1 rings (SSSR count). The molecule has 0 unspecified atom stereocenters. The second kappa shape index (κ2) is 4.31. The van der Waals surface area contributed by atoms with Crippen LogP contribution in [0.2, 0.25) is 0 Å². The molecular formula is C14H16O. The van der Waals surface area contributed by atoms with Gasteiger partial charge >= 0.3 is 0 Å². The summed E-state index contributed by atoms with van der Waals surface area (Å²) in [6.07, 6.45) is 0.853. The van der Waals surface area contributed by atoms with E-state index in [2.05, 4.69) is 32.6 Å². The first-order valence-electron chi connectivity index (χ1n) is 5.01. The van der Waals surface area contributed by atoms with Crippen molar-refractivity contribution in [2.75, 3.05) is 0 Å². The molecule has 0 amide bonds. The predicted molar refractivity (Wildman–Crippen MR) is 62.9 cm³/mol. The van der Waals surface area contributed by atoms with E-state index in [1.165, 1.54) is 0 Å². The molecule has 0 aromatic heterocycles. The minimum atomic E-state index is -0.0378. The Morgan fingerprint density at radius 1 is 1.27 bits per heavy atom. The molecule has 1 nitrogen and oxygen atoms in total. The van der Waals surface area contributed by atoms with Crippen molar-refractivity contribution in [3.8, 4) is 11.8 Å². The van der Waals surface area contributed by atoms with E-state index >= 15 is 0 Å². The Hall–Kier alpha value is -1.55. The summed E-state index contributed by atoms with van der Waals surface area (Å²) in [4.78, 5) is 10.8. The van der Waals surface area contributed by atoms with E-state index < -0.39 is 0 Å². The number of hydrogen-bond donors (Lipinski definition) is 0. The minimum Gasteiger partial charge on any atom is -0.298 e. The maximum absolute atomic E-state index is 10.8. The smallest absolute Gasteiger partial charge is 0.151 e. The fourth-order valence-electron chi connectivity index (χ4n) is 1.14. The number of aryl methyl sites for hydroxylation is 1. The molecule has 1 aromatic rings. The lowest BCUT2D eigenvalue weighted by molar-refractivity contribution is 0.112. The molecule has 15 heavy (non-hydrogen) atoms. The molecule has 0 saturated heterocycles. The zero-order valence-corrected chi connectivity index (χ0v) is 9.72. The Balaban J connectivity index is 3.17. The van der Waals surface area contributed by atoms with Crippen molar-refractivity contribution in [1.82, 2.24) is 0 Å². The first kappa shape index (κ1) is 11.5. The first-order chi connectivity index (χ1) is 6.92. The van der Waals surface area contributed by atoms with E-state index in [1.807, 2.05) is 25.1 Å². The molecule has 0 aliphatic carbocycles. The van der Waals surface area contributed by atoms with Crippen LogP contribution in [0.3, 0.4) is 0 Å². The topological polar surface area (TPSA) is 17.1 Å². The molecule has 0 spiro atoms. The number of benzene rings is 1. The van der Waals surface area contributed by atoms with Crippen molar-refractivity contribution in [3.63, 3.8) is 0 Å². The first-order valence-corrected chi connectivity index (χ1v) is 5.01. The normalized spacial score (nSPS) is 10.4. The van der Waals surface area contributed by atoms with Crippen LogP contribution in [-0.4, -0.2) is 6.29 Å². The van der Waals surface area contributed by atoms with Crippen LogP contribution >= 0.6 is 0 Å². The van der Waals surface area contributed by atoms with Crippen molar-refractivity contribution >= 4 is 6.29 Å². The van der Waals surface area contributed by atoms with E-state index in [4.69, 9.17) is 0 Å². The van der Waals surface area contributed by atoms with Crippen LogP contribution in [0.4, 0.5) is 0 Å². The standard InChI is InChI=1S/C14H16O/c1-11-5-6-13(10-15)12(9-11)7-8-14(2,3)4/h5-6,9-10H,1-4H3. The van der Waals surface area contributed by atoms with E-state index in [9.17, 15) is 4.79 Å². The lowest BCUT2D eigenvalue weighted by atomic mass is 9.96. The predicted octanol–water partition coefficient (Wildman–Crippen LogP) is 3.21. The quantitative estimate of drug-likeness (QED) is 0.502. The number of hydrogen-bond acceptors (Lipinski definition) is 1. The lowest BCUT2D eigenvalue weighted by Crippen LogP contribution is -2.00. The van der Waals surface area contributed by atoms with Crippen molar-refractivity contribution in [2.45, 2.75) is 27.7 Å². The highest BCUT2D eigenvalue weighted by molar-refractivity contribution is 5.79. The Kier molecular flexibility index (Phi) is 3.31. The molecule has 78 valence electrons. The largest absolute Gasteiger partial charge is 0.298 e. The van der Waals surface area contributed by atoms with E-state index in [-0.39, 0.29) is 5.41 Å². The molecule has 0 fully saturated rings. The summed E-state index contributed by atoms with van der Waals surface area (Å²) in [6, 6.07) is 5.68. The van der Waals surface area contributed by atoms with Crippen LogP contribution in [0.1, 0.15) is 42.3 Å². The van der Waals surface area contributed by atoms with Gasteiger partial charge in [-0.1, -0.05) is 24.0 Å². The molecule has 0 atom stereocenters. The Morgan fingerprint density at radius 2 is 1.93 bits per heavy atom. The summed E-state index contributed by atoms with van der Waals surface area (Å²) < 4.78 is 0. The molecule has 0 aliphatic rings. The number of rotatable bonds is 1. The molecule has 1 aromatic carbocycles. The third kappa shape index (κ3) is 3.59. The highest BCUT2D eigenvalue weighted by atomic mass is 16.1. The van der Waals surface area contributed by atoms with Gasteiger partial charge in [0, 0.05) is 16.5 Å². The highest BCUT2D eigenvalue weighted by Gasteiger charge is 2.04. The minimum absolute atomic E-state index is 0.0378. The average molecular weight is 200 g/mol. The van der Waals surface area contributed by atoms with Gasteiger partial charge < -0.3 is 0 Å². The van der Waals surface area contributed by atoms with E-state index in [0.29, 0.717) is 5.56 Å². The SMILES string of the molecule is Cc1ccc(C=O)c(C#CC(C)(C)C)c1. The zero-order chi connectivity index (χ0) is 11.5. The van der Waals surface area contributed by atoms with Crippen LogP contribution in [0.15, 0.2) is 18.2 Å². The van der Waals surface area contributed by atoms with Crippen LogP contribution in [0.5, 0.6) is 0 Å². The molecule has 0 bridgehead atoms. The second-order valence-electron chi connectivity index (χ2n) is 4.71. The van der Waals surface area contributed by atoms with Gasteiger partial charge in [0.15, 0.2) is 6.29 Å². The van der Waals surface area contributed by atoms with Crippen LogP contribution in [-0.2, 0) is 0 Å². The number of carbonyl (C=O) groups is 1. The molecule has 1 heteroatoms. The number of aldehydes is 1. The molecule has 0 saturated carbocycles. The third-order valence-corrected chi connectivity index (χ3v) is 1.91. The van der Waals surface area contributed by atoms with Gasteiger partial charge in [0.2, 0.25) is 0 Å². The van der Waals surface area contributed by atoms with Crippen LogP contribution < -0.4 is 0 Å². The van der Waals surface area contributed by atoms with Crippen molar-refractivity contribution in [1.29, 1.82) is 0 Å². The highest BCUT2D eigenvalue weighted by Crippen LogP contribution is 2.13. The Labute approximate surface area is 91.5 Å².